The lowest BCUT2D eigenvalue weighted by molar-refractivity contribution is 0.0954. The Balaban J connectivity index is 1.80. The van der Waals surface area contributed by atoms with Gasteiger partial charge >= 0.3 is 6.16 Å². The van der Waals surface area contributed by atoms with Crippen LogP contribution in [0, 0.1) is 0 Å². The molecule has 0 atom stereocenters. The fraction of sp³-hybridized carbons (Fsp3) is 0.263. The molecule has 10 heteroatoms. The molecule has 0 saturated carbocycles. The average Bonchev–Trinajstić information content (AvgIpc) is 2.72. The normalized spacial score (nSPS) is 10.8. The fourth-order valence-corrected chi connectivity index (χ4v) is 3.25. The van der Waals surface area contributed by atoms with E-state index in [1.54, 1.807) is 19.1 Å². The van der Waals surface area contributed by atoms with Crippen molar-refractivity contribution in [3.05, 3.63) is 54.1 Å². The Bertz CT molecular complexity index is 926. The van der Waals surface area contributed by atoms with Gasteiger partial charge in [-0.3, -0.25) is 4.79 Å². The maximum atomic E-state index is 12.2. The molecule has 0 fully saturated rings. The van der Waals surface area contributed by atoms with Crippen molar-refractivity contribution in [1.82, 2.24) is 10.0 Å². The molecule has 0 heterocycles. The molecular formula is C19H22N2O7S. The third kappa shape index (κ3) is 6.77. The second kappa shape index (κ2) is 10.4. The van der Waals surface area contributed by atoms with Crippen LogP contribution in [0.3, 0.4) is 0 Å². The number of amides is 1. The number of hydrogen-bond acceptors (Lipinski definition) is 7. The number of carbonyl (C=O) groups is 2. The van der Waals surface area contributed by atoms with Gasteiger partial charge in [0.2, 0.25) is 10.0 Å². The molecule has 2 rings (SSSR count). The molecular weight excluding hydrogens is 400 g/mol. The van der Waals surface area contributed by atoms with Crippen molar-refractivity contribution in [1.29, 1.82) is 0 Å². The molecule has 0 unspecified atom stereocenters. The summed E-state index contributed by atoms with van der Waals surface area (Å²) >= 11 is 0. The van der Waals surface area contributed by atoms with Crippen LogP contribution in [0.25, 0.3) is 0 Å². The molecule has 0 aliphatic rings. The number of ether oxygens (including phenoxy) is 3. The Morgan fingerprint density at radius 2 is 1.55 bits per heavy atom. The van der Waals surface area contributed by atoms with Crippen molar-refractivity contribution >= 4 is 22.1 Å². The van der Waals surface area contributed by atoms with Gasteiger partial charge in [-0.2, -0.15) is 0 Å². The second-order valence-corrected chi connectivity index (χ2v) is 7.41. The van der Waals surface area contributed by atoms with Gasteiger partial charge in [-0.15, -0.1) is 0 Å². The van der Waals surface area contributed by atoms with Crippen molar-refractivity contribution in [2.24, 2.45) is 0 Å². The zero-order chi connectivity index (χ0) is 21.3. The molecule has 1 amide bonds. The van der Waals surface area contributed by atoms with Crippen LogP contribution in [0.1, 0.15) is 17.3 Å². The summed E-state index contributed by atoms with van der Waals surface area (Å²) in [6, 6.07) is 11.8. The fourth-order valence-electron chi connectivity index (χ4n) is 2.22. The predicted molar refractivity (Wildman–Crippen MR) is 105 cm³/mol. The Kier molecular flexibility index (Phi) is 7.98. The van der Waals surface area contributed by atoms with Crippen LogP contribution < -0.4 is 19.5 Å². The van der Waals surface area contributed by atoms with Crippen LogP contribution in [0.5, 0.6) is 11.5 Å². The summed E-state index contributed by atoms with van der Waals surface area (Å²) in [5, 5.41) is 2.60. The van der Waals surface area contributed by atoms with Gasteiger partial charge in [-0.1, -0.05) is 0 Å². The number of carbonyl (C=O) groups excluding carboxylic acids is 2. The first-order chi connectivity index (χ1) is 13.9. The summed E-state index contributed by atoms with van der Waals surface area (Å²) in [5.41, 5.74) is 0.333. The minimum atomic E-state index is -3.69. The van der Waals surface area contributed by atoms with Gasteiger partial charge in [0.05, 0.1) is 18.6 Å². The Labute approximate surface area is 169 Å². The van der Waals surface area contributed by atoms with E-state index in [-0.39, 0.29) is 30.3 Å². The van der Waals surface area contributed by atoms with Gasteiger partial charge in [0.1, 0.15) is 11.5 Å². The first-order valence-corrected chi connectivity index (χ1v) is 10.2. The second-order valence-electron chi connectivity index (χ2n) is 5.64. The molecule has 0 saturated heterocycles. The van der Waals surface area contributed by atoms with E-state index in [0.717, 1.165) is 0 Å². The summed E-state index contributed by atoms with van der Waals surface area (Å²) in [6.45, 7) is 1.97. The third-order valence-electron chi connectivity index (χ3n) is 3.65. The molecule has 29 heavy (non-hydrogen) atoms. The maximum Gasteiger partial charge on any atom is 0.513 e. The van der Waals surface area contributed by atoms with E-state index in [4.69, 9.17) is 9.47 Å². The molecule has 156 valence electrons. The summed E-state index contributed by atoms with van der Waals surface area (Å²) in [7, 11) is -2.20. The first-order valence-electron chi connectivity index (χ1n) is 8.72. The van der Waals surface area contributed by atoms with Gasteiger partial charge in [0.25, 0.3) is 5.91 Å². The molecule has 2 aromatic rings. The lowest BCUT2D eigenvalue weighted by Gasteiger charge is -2.09. The van der Waals surface area contributed by atoms with Gasteiger partial charge in [-0.25, -0.2) is 17.9 Å². The van der Waals surface area contributed by atoms with Crippen molar-refractivity contribution in [3.8, 4) is 11.5 Å². The highest BCUT2D eigenvalue weighted by Crippen LogP contribution is 2.15. The van der Waals surface area contributed by atoms with E-state index in [0.29, 0.717) is 11.3 Å². The van der Waals surface area contributed by atoms with Gasteiger partial charge in [-0.05, 0) is 55.5 Å². The first kappa shape index (κ1) is 22.2. The third-order valence-corrected chi connectivity index (χ3v) is 5.13. The van der Waals surface area contributed by atoms with Crippen molar-refractivity contribution in [2.45, 2.75) is 11.8 Å². The van der Waals surface area contributed by atoms with Crippen molar-refractivity contribution in [3.63, 3.8) is 0 Å². The van der Waals surface area contributed by atoms with Gasteiger partial charge in [0.15, 0.2) is 0 Å². The summed E-state index contributed by atoms with van der Waals surface area (Å²) < 4.78 is 41.4. The van der Waals surface area contributed by atoms with Crippen LogP contribution in [0.15, 0.2) is 53.4 Å². The Hall–Kier alpha value is -3.11. The SMILES string of the molecule is CCOC(=O)Oc1ccc(C(=O)NCCNS(=O)(=O)c2ccc(OC)cc2)cc1. The van der Waals surface area contributed by atoms with E-state index in [9.17, 15) is 18.0 Å². The highest BCUT2D eigenvalue weighted by atomic mass is 32.2. The van der Waals surface area contributed by atoms with Crippen LogP contribution in [0.2, 0.25) is 0 Å². The number of rotatable bonds is 9. The number of benzene rings is 2. The van der Waals surface area contributed by atoms with E-state index >= 15 is 0 Å². The largest absolute Gasteiger partial charge is 0.513 e. The zero-order valence-corrected chi connectivity index (χ0v) is 16.8. The lowest BCUT2D eigenvalue weighted by atomic mass is 10.2. The lowest BCUT2D eigenvalue weighted by Crippen LogP contribution is -2.34. The Morgan fingerprint density at radius 3 is 2.14 bits per heavy atom. The molecule has 2 aromatic carbocycles. The minimum absolute atomic E-state index is 0.0180. The van der Waals surface area contributed by atoms with Crippen LogP contribution in [-0.2, 0) is 14.8 Å². The standard InChI is InChI=1S/C19H22N2O7S/c1-3-27-19(23)28-16-6-4-14(5-7-16)18(22)20-12-13-21-29(24,25)17-10-8-15(26-2)9-11-17/h4-11,21H,3,12-13H2,1-2H3,(H,20,22). The molecule has 0 bridgehead atoms. The predicted octanol–water partition coefficient (Wildman–Crippen LogP) is 1.94. The molecule has 0 aromatic heterocycles. The molecule has 9 nitrogen and oxygen atoms in total. The van der Waals surface area contributed by atoms with Crippen LogP contribution in [0.4, 0.5) is 4.79 Å². The summed E-state index contributed by atoms with van der Waals surface area (Å²) in [6.07, 6.45) is -0.825. The number of methoxy groups -OCH3 is 1. The summed E-state index contributed by atoms with van der Waals surface area (Å²) in [5.74, 6) is 0.401. The number of sulfonamides is 1. The number of hydrogen-bond donors (Lipinski definition) is 2. The molecule has 0 aliphatic heterocycles. The van der Waals surface area contributed by atoms with Gasteiger partial charge in [0, 0.05) is 18.7 Å². The monoisotopic (exact) mass is 422 g/mol. The highest BCUT2D eigenvalue weighted by molar-refractivity contribution is 7.89. The average molecular weight is 422 g/mol. The molecule has 0 aliphatic carbocycles. The van der Waals surface area contributed by atoms with Gasteiger partial charge < -0.3 is 19.5 Å². The van der Waals surface area contributed by atoms with Crippen LogP contribution in [-0.4, -0.2) is 47.3 Å². The minimum Gasteiger partial charge on any atom is -0.497 e. The molecule has 0 spiro atoms. The Morgan fingerprint density at radius 1 is 0.931 bits per heavy atom. The maximum absolute atomic E-state index is 12.2. The van der Waals surface area contributed by atoms with Crippen molar-refractivity contribution < 1.29 is 32.2 Å². The van der Waals surface area contributed by atoms with E-state index in [1.807, 2.05) is 0 Å². The summed E-state index contributed by atoms with van der Waals surface area (Å²) in [4.78, 5) is 23.4. The van der Waals surface area contributed by atoms with E-state index in [2.05, 4.69) is 14.8 Å². The van der Waals surface area contributed by atoms with Crippen LogP contribution >= 0.6 is 0 Å². The topological polar surface area (TPSA) is 120 Å². The van der Waals surface area contributed by atoms with E-state index < -0.39 is 22.1 Å². The quantitative estimate of drug-likeness (QED) is 0.360. The smallest absolute Gasteiger partial charge is 0.497 e. The molecule has 0 radical (unpaired) electrons. The highest BCUT2D eigenvalue weighted by Gasteiger charge is 2.14. The van der Waals surface area contributed by atoms with E-state index in [1.165, 1.54) is 43.5 Å². The number of nitrogens with one attached hydrogen (secondary N) is 2. The molecule has 2 N–H and O–H groups in total. The zero-order valence-electron chi connectivity index (χ0n) is 16.0. The van der Waals surface area contributed by atoms with Crippen molar-refractivity contribution in [2.75, 3.05) is 26.8 Å².